The zero-order valence-electron chi connectivity index (χ0n) is 14.0. The lowest BCUT2D eigenvalue weighted by Gasteiger charge is -2.14. The number of hydrogen-bond acceptors (Lipinski definition) is 4. The monoisotopic (exact) mass is 364 g/mol. The second-order valence-electron chi connectivity index (χ2n) is 6.07. The van der Waals surface area contributed by atoms with Crippen molar-refractivity contribution in [3.8, 4) is 0 Å². The number of aryl methyl sites for hydroxylation is 1. The molecule has 5 nitrogen and oxygen atoms in total. The average Bonchev–Trinajstić information content (AvgIpc) is 3.32. The van der Waals surface area contributed by atoms with Crippen LogP contribution in [-0.4, -0.2) is 25.9 Å². The van der Waals surface area contributed by atoms with Gasteiger partial charge in [-0.25, -0.2) is 0 Å². The Morgan fingerprint density at radius 1 is 1.46 bits per heavy atom. The number of amides is 1. The predicted octanol–water partition coefficient (Wildman–Crippen LogP) is 4.26. The molecule has 0 aliphatic heterocycles. The molecule has 1 N–H and O–H groups in total. The van der Waals surface area contributed by atoms with Crippen LogP contribution in [0.1, 0.15) is 44.0 Å². The topological polar surface area (TPSA) is 59.8 Å². The molecule has 1 fully saturated rings. The summed E-state index contributed by atoms with van der Waals surface area (Å²) >= 11 is 7.45. The van der Waals surface area contributed by atoms with E-state index in [4.69, 9.17) is 11.6 Å². The molecule has 0 bridgehead atoms. The van der Waals surface area contributed by atoms with Crippen LogP contribution in [-0.2, 0) is 11.3 Å². The molecule has 0 radical (unpaired) electrons. The summed E-state index contributed by atoms with van der Waals surface area (Å²) < 4.78 is 2.12. The Labute approximate surface area is 151 Å². The zero-order valence-corrected chi connectivity index (χ0v) is 15.6. The molecular weight excluding hydrogens is 344 g/mol. The van der Waals surface area contributed by atoms with E-state index >= 15 is 0 Å². The number of halogens is 1. The highest BCUT2D eigenvalue weighted by molar-refractivity contribution is 8.00. The standard InChI is InChI=1S/C17H21ClN4OS/c1-4-22-15(12-6-7-12)20-21-17(22)24-11(3)16(23)19-14-9-13(18)8-5-10(14)2/h5,8-9,11-12H,4,6-7H2,1-3H3,(H,19,23). The predicted molar refractivity (Wildman–Crippen MR) is 97.8 cm³/mol. The first-order valence-electron chi connectivity index (χ1n) is 8.16. The van der Waals surface area contributed by atoms with E-state index in [-0.39, 0.29) is 11.2 Å². The number of hydrogen-bond donors (Lipinski definition) is 1. The van der Waals surface area contributed by atoms with Gasteiger partial charge in [-0.3, -0.25) is 4.79 Å². The van der Waals surface area contributed by atoms with Crippen LogP contribution in [0.2, 0.25) is 5.02 Å². The van der Waals surface area contributed by atoms with Crippen LogP contribution in [0.25, 0.3) is 0 Å². The number of nitrogens with one attached hydrogen (secondary N) is 1. The van der Waals surface area contributed by atoms with Crippen LogP contribution in [0.4, 0.5) is 5.69 Å². The summed E-state index contributed by atoms with van der Waals surface area (Å²) in [4.78, 5) is 12.5. The van der Waals surface area contributed by atoms with E-state index in [0.29, 0.717) is 10.9 Å². The van der Waals surface area contributed by atoms with E-state index in [0.717, 1.165) is 28.8 Å². The Hall–Kier alpha value is -1.53. The first kappa shape index (κ1) is 17.3. The quantitative estimate of drug-likeness (QED) is 0.778. The van der Waals surface area contributed by atoms with Crippen LogP contribution in [0, 0.1) is 6.92 Å². The summed E-state index contributed by atoms with van der Waals surface area (Å²) in [6.45, 7) is 6.73. The highest BCUT2D eigenvalue weighted by atomic mass is 35.5. The van der Waals surface area contributed by atoms with E-state index in [1.807, 2.05) is 26.0 Å². The van der Waals surface area contributed by atoms with Gasteiger partial charge >= 0.3 is 0 Å². The van der Waals surface area contributed by atoms with Crippen molar-refractivity contribution < 1.29 is 4.79 Å². The van der Waals surface area contributed by atoms with Crippen molar-refractivity contribution in [1.29, 1.82) is 0 Å². The number of benzene rings is 1. The van der Waals surface area contributed by atoms with Gasteiger partial charge < -0.3 is 9.88 Å². The van der Waals surface area contributed by atoms with Gasteiger partial charge in [0, 0.05) is 23.2 Å². The summed E-state index contributed by atoms with van der Waals surface area (Å²) in [5, 5.41) is 12.7. The third kappa shape index (κ3) is 3.75. The molecule has 1 saturated carbocycles. The third-order valence-corrected chi connectivity index (χ3v) is 5.43. The molecule has 1 atom stereocenters. The SMILES string of the molecule is CCn1c(SC(C)C(=O)Nc2cc(Cl)ccc2C)nnc1C1CC1. The van der Waals surface area contributed by atoms with E-state index in [1.54, 1.807) is 6.07 Å². The van der Waals surface area contributed by atoms with Gasteiger partial charge in [0.25, 0.3) is 0 Å². The van der Waals surface area contributed by atoms with Crippen molar-refractivity contribution in [2.45, 2.75) is 56.5 Å². The van der Waals surface area contributed by atoms with E-state index in [9.17, 15) is 4.79 Å². The van der Waals surface area contributed by atoms with Crippen molar-refractivity contribution in [2.75, 3.05) is 5.32 Å². The average molecular weight is 365 g/mol. The molecular formula is C17H21ClN4OS. The minimum atomic E-state index is -0.273. The first-order chi connectivity index (χ1) is 11.5. The molecule has 1 heterocycles. The van der Waals surface area contributed by atoms with Crippen LogP contribution in [0.15, 0.2) is 23.4 Å². The minimum Gasteiger partial charge on any atom is -0.325 e. The zero-order chi connectivity index (χ0) is 17.3. The maximum atomic E-state index is 12.5. The van der Waals surface area contributed by atoms with Crippen LogP contribution in [0.5, 0.6) is 0 Å². The van der Waals surface area contributed by atoms with Crippen molar-refractivity contribution >= 4 is 35.0 Å². The van der Waals surface area contributed by atoms with Gasteiger partial charge in [0.15, 0.2) is 5.16 Å². The normalized spacial score (nSPS) is 15.3. The number of rotatable bonds is 6. The molecule has 0 spiro atoms. The van der Waals surface area contributed by atoms with Crippen molar-refractivity contribution in [1.82, 2.24) is 14.8 Å². The molecule has 1 aromatic heterocycles. The number of anilines is 1. The van der Waals surface area contributed by atoms with Gasteiger partial charge in [-0.05, 0) is 51.3 Å². The van der Waals surface area contributed by atoms with Crippen LogP contribution < -0.4 is 5.32 Å². The lowest BCUT2D eigenvalue weighted by atomic mass is 10.2. The highest BCUT2D eigenvalue weighted by Crippen LogP contribution is 2.40. The van der Waals surface area contributed by atoms with E-state index in [2.05, 4.69) is 27.0 Å². The molecule has 128 valence electrons. The lowest BCUT2D eigenvalue weighted by molar-refractivity contribution is -0.115. The highest BCUT2D eigenvalue weighted by Gasteiger charge is 2.30. The van der Waals surface area contributed by atoms with Crippen molar-refractivity contribution in [3.63, 3.8) is 0 Å². The number of thioether (sulfide) groups is 1. The summed E-state index contributed by atoms with van der Waals surface area (Å²) in [5.74, 6) is 1.53. The van der Waals surface area contributed by atoms with Gasteiger partial charge in [0.2, 0.25) is 5.91 Å². The van der Waals surface area contributed by atoms with Gasteiger partial charge in [0.1, 0.15) is 5.82 Å². The third-order valence-electron chi connectivity index (χ3n) is 4.11. The Morgan fingerprint density at radius 2 is 2.21 bits per heavy atom. The molecule has 1 unspecified atom stereocenters. The van der Waals surface area contributed by atoms with Crippen molar-refractivity contribution in [3.05, 3.63) is 34.6 Å². The Kier molecular flexibility index (Phi) is 5.15. The summed E-state index contributed by atoms with van der Waals surface area (Å²) in [6, 6.07) is 5.48. The van der Waals surface area contributed by atoms with E-state index < -0.39 is 0 Å². The second kappa shape index (κ2) is 7.15. The molecule has 1 amide bonds. The molecule has 1 aliphatic rings. The summed E-state index contributed by atoms with van der Waals surface area (Å²) in [7, 11) is 0. The molecule has 0 saturated heterocycles. The number of carbonyl (C=O) groups is 1. The maximum absolute atomic E-state index is 12.5. The number of nitrogens with zero attached hydrogens (tertiary/aromatic N) is 3. The molecule has 7 heteroatoms. The molecule has 1 aromatic carbocycles. The molecule has 24 heavy (non-hydrogen) atoms. The fourth-order valence-corrected chi connectivity index (χ4v) is 3.59. The lowest BCUT2D eigenvalue weighted by Crippen LogP contribution is -2.23. The minimum absolute atomic E-state index is 0.0657. The smallest absolute Gasteiger partial charge is 0.237 e. The van der Waals surface area contributed by atoms with E-state index in [1.165, 1.54) is 24.6 Å². The fourth-order valence-electron chi connectivity index (χ4n) is 2.50. The molecule has 2 aromatic rings. The first-order valence-corrected chi connectivity index (χ1v) is 9.42. The van der Waals surface area contributed by atoms with Gasteiger partial charge in [-0.1, -0.05) is 29.4 Å². The summed E-state index contributed by atoms with van der Waals surface area (Å²) in [6.07, 6.45) is 2.37. The largest absolute Gasteiger partial charge is 0.325 e. The Bertz CT molecular complexity index is 757. The van der Waals surface area contributed by atoms with Gasteiger partial charge in [0.05, 0.1) is 5.25 Å². The van der Waals surface area contributed by atoms with Gasteiger partial charge in [-0.15, -0.1) is 10.2 Å². The second-order valence-corrected chi connectivity index (χ2v) is 7.81. The van der Waals surface area contributed by atoms with Crippen LogP contribution >= 0.6 is 23.4 Å². The van der Waals surface area contributed by atoms with Crippen LogP contribution in [0.3, 0.4) is 0 Å². The van der Waals surface area contributed by atoms with Crippen molar-refractivity contribution in [2.24, 2.45) is 0 Å². The Morgan fingerprint density at radius 3 is 2.88 bits per heavy atom. The van der Waals surface area contributed by atoms with Gasteiger partial charge in [-0.2, -0.15) is 0 Å². The molecule has 1 aliphatic carbocycles. The summed E-state index contributed by atoms with van der Waals surface area (Å²) in [5.41, 5.74) is 1.73. The maximum Gasteiger partial charge on any atom is 0.237 e. The molecule has 3 rings (SSSR count). The number of carbonyl (C=O) groups excluding carboxylic acids is 1. The Balaban J connectivity index is 1.69. The number of aromatic nitrogens is 3. The fraction of sp³-hybridized carbons (Fsp3) is 0.471.